The SMILES string of the molecule is CC(CC(=O)Nc1cccc(CCC(=O)O)c1)NC(=O)OCC1c2ccccc2-c2ccccc21. The lowest BCUT2D eigenvalue weighted by Crippen LogP contribution is -2.36. The van der Waals surface area contributed by atoms with Crippen molar-refractivity contribution >= 4 is 23.7 Å². The van der Waals surface area contributed by atoms with Crippen LogP contribution in [0.4, 0.5) is 10.5 Å². The molecule has 2 amide bonds. The van der Waals surface area contributed by atoms with E-state index in [0.717, 1.165) is 27.8 Å². The molecule has 0 aliphatic heterocycles. The molecule has 4 rings (SSSR count). The maximum absolute atomic E-state index is 12.4. The van der Waals surface area contributed by atoms with Crippen LogP contribution in [0.5, 0.6) is 0 Å². The molecule has 0 aromatic heterocycles. The third kappa shape index (κ3) is 6.06. The van der Waals surface area contributed by atoms with Gasteiger partial charge in [-0.3, -0.25) is 9.59 Å². The van der Waals surface area contributed by atoms with Crippen molar-refractivity contribution in [1.29, 1.82) is 0 Å². The molecule has 180 valence electrons. The predicted octanol–water partition coefficient (Wildman–Crippen LogP) is 4.96. The number of hydrogen-bond acceptors (Lipinski definition) is 4. The number of nitrogens with one attached hydrogen (secondary N) is 2. The fourth-order valence-corrected chi connectivity index (χ4v) is 4.44. The maximum Gasteiger partial charge on any atom is 0.407 e. The number of fused-ring (bicyclic) bond motifs is 3. The van der Waals surface area contributed by atoms with Crippen LogP contribution in [0, 0.1) is 0 Å². The third-order valence-corrected chi connectivity index (χ3v) is 6.04. The Morgan fingerprint density at radius 1 is 0.943 bits per heavy atom. The van der Waals surface area contributed by atoms with Crippen LogP contribution in [0.3, 0.4) is 0 Å². The number of amides is 2. The zero-order valence-electron chi connectivity index (χ0n) is 19.5. The number of carboxylic acids is 1. The number of carboxylic acid groups (broad SMARTS) is 1. The van der Waals surface area contributed by atoms with E-state index >= 15 is 0 Å². The number of ether oxygens (including phenoxy) is 1. The Morgan fingerprint density at radius 2 is 1.60 bits per heavy atom. The van der Waals surface area contributed by atoms with E-state index in [1.54, 1.807) is 25.1 Å². The molecular formula is C28H28N2O5. The van der Waals surface area contributed by atoms with Crippen LogP contribution in [0.25, 0.3) is 11.1 Å². The van der Waals surface area contributed by atoms with E-state index in [0.29, 0.717) is 12.1 Å². The summed E-state index contributed by atoms with van der Waals surface area (Å²) >= 11 is 0. The van der Waals surface area contributed by atoms with Crippen LogP contribution >= 0.6 is 0 Å². The molecule has 7 heteroatoms. The molecule has 0 heterocycles. The Balaban J connectivity index is 1.27. The lowest BCUT2D eigenvalue weighted by atomic mass is 9.98. The van der Waals surface area contributed by atoms with E-state index in [2.05, 4.69) is 34.9 Å². The van der Waals surface area contributed by atoms with Gasteiger partial charge in [-0.1, -0.05) is 60.7 Å². The number of anilines is 1. The maximum atomic E-state index is 12.4. The number of aryl methyl sites for hydroxylation is 1. The van der Waals surface area contributed by atoms with E-state index in [1.165, 1.54) is 0 Å². The van der Waals surface area contributed by atoms with Gasteiger partial charge in [0.2, 0.25) is 5.91 Å². The van der Waals surface area contributed by atoms with Crippen LogP contribution in [-0.4, -0.2) is 35.7 Å². The number of carbonyl (C=O) groups is 3. The van der Waals surface area contributed by atoms with Crippen molar-refractivity contribution in [3.05, 3.63) is 89.5 Å². The molecule has 0 saturated heterocycles. The largest absolute Gasteiger partial charge is 0.481 e. The van der Waals surface area contributed by atoms with Crippen LogP contribution in [-0.2, 0) is 20.7 Å². The highest BCUT2D eigenvalue weighted by molar-refractivity contribution is 5.91. The van der Waals surface area contributed by atoms with Crippen molar-refractivity contribution in [2.24, 2.45) is 0 Å². The molecule has 1 aliphatic rings. The highest BCUT2D eigenvalue weighted by Gasteiger charge is 2.29. The Kier molecular flexibility index (Phi) is 7.45. The number of rotatable bonds is 9. The summed E-state index contributed by atoms with van der Waals surface area (Å²) < 4.78 is 5.54. The van der Waals surface area contributed by atoms with Gasteiger partial charge in [-0.25, -0.2) is 4.79 Å². The second-order valence-corrected chi connectivity index (χ2v) is 8.72. The number of benzene rings is 3. The van der Waals surface area contributed by atoms with Gasteiger partial charge in [-0.15, -0.1) is 0 Å². The Bertz CT molecular complexity index is 1190. The monoisotopic (exact) mass is 472 g/mol. The molecule has 0 saturated carbocycles. The molecule has 3 N–H and O–H groups in total. The Morgan fingerprint density at radius 3 is 2.26 bits per heavy atom. The summed E-state index contributed by atoms with van der Waals surface area (Å²) in [5, 5.41) is 14.4. The highest BCUT2D eigenvalue weighted by Crippen LogP contribution is 2.44. The average Bonchev–Trinajstić information content (AvgIpc) is 3.15. The van der Waals surface area contributed by atoms with Crippen LogP contribution in [0.1, 0.15) is 42.4 Å². The van der Waals surface area contributed by atoms with Gasteiger partial charge in [0, 0.05) is 30.5 Å². The molecule has 3 aromatic rings. The van der Waals surface area contributed by atoms with Gasteiger partial charge in [0.05, 0.1) is 0 Å². The minimum atomic E-state index is -0.868. The lowest BCUT2D eigenvalue weighted by Gasteiger charge is -2.17. The number of aliphatic carboxylic acids is 1. The summed E-state index contributed by atoms with van der Waals surface area (Å²) in [7, 11) is 0. The molecule has 1 unspecified atom stereocenters. The fraction of sp³-hybridized carbons (Fsp3) is 0.250. The molecular weight excluding hydrogens is 444 g/mol. The van der Waals surface area contributed by atoms with Gasteiger partial charge in [0.25, 0.3) is 0 Å². The molecule has 1 aliphatic carbocycles. The molecule has 0 bridgehead atoms. The number of carbonyl (C=O) groups excluding carboxylic acids is 2. The normalized spacial score (nSPS) is 12.8. The lowest BCUT2D eigenvalue weighted by molar-refractivity contribution is -0.137. The second-order valence-electron chi connectivity index (χ2n) is 8.72. The highest BCUT2D eigenvalue weighted by atomic mass is 16.5. The first-order valence-corrected chi connectivity index (χ1v) is 11.6. The second kappa shape index (κ2) is 10.9. The van der Waals surface area contributed by atoms with E-state index < -0.39 is 18.1 Å². The van der Waals surface area contributed by atoms with Gasteiger partial charge >= 0.3 is 12.1 Å². The molecule has 0 fully saturated rings. The van der Waals surface area contributed by atoms with E-state index in [1.807, 2.05) is 30.3 Å². The van der Waals surface area contributed by atoms with Gasteiger partial charge in [0.1, 0.15) is 6.61 Å². The van der Waals surface area contributed by atoms with Crippen LogP contribution in [0.15, 0.2) is 72.8 Å². The fourth-order valence-electron chi connectivity index (χ4n) is 4.44. The quantitative estimate of drug-likeness (QED) is 0.408. The van der Waals surface area contributed by atoms with Gasteiger partial charge in [0.15, 0.2) is 0 Å². The minimum Gasteiger partial charge on any atom is -0.481 e. The van der Waals surface area contributed by atoms with Crippen molar-refractivity contribution < 1.29 is 24.2 Å². The minimum absolute atomic E-state index is 0.0263. The smallest absolute Gasteiger partial charge is 0.407 e. The van der Waals surface area contributed by atoms with Crippen LogP contribution < -0.4 is 10.6 Å². The van der Waals surface area contributed by atoms with Crippen molar-refractivity contribution in [1.82, 2.24) is 5.32 Å². The van der Waals surface area contributed by atoms with Crippen LogP contribution in [0.2, 0.25) is 0 Å². The molecule has 3 aromatic carbocycles. The summed E-state index contributed by atoms with van der Waals surface area (Å²) in [6.07, 6.45) is -0.0799. The van der Waals surface area contributed by atoms with Crippen molar-refractivity contribution in [3.8, 4) is 11.1 Å². The summed E-state index contributed by atoms with van der Waals surface area (Å²) in [5.74, 6) is -1.15. The first-order valence-electron chi connectivity index (χ1n) is 11.6. The Hall–Kier alpha value is -4.13. The first-order chi connectivity index (χ1) is 16.9. The summed E-state index contributed by atoms with van der Waals surface area (Å²) in [6, 6.07) is 22.9. The van der Waals surface area contributed by atoms with Gasteiger partial charge in [-0.2, -0.15) is 0 Å². The van der Waals surface area contributed by atoms with Gasteiger partial charge in [-0.05, 0) is 53.3 Å². The van der Waals surface area contributed by atoms with Gasteiger partial charge < -0.3 is 20.5 Å². The molecule has 35 heavy (non-hydrogen) atoms. The molecule has 1 atom stereocenters. The molecule has 0 radical (unpaired) electrons. The average molecular weight is 473 g/mol. The standard InChI is InChI=1S/C28H28N2O5/c1-18(15-26(31)30-20-8-6-7-19(16-20)13-14-27(32)33)29-28(34)35-17-25-23-11-4-2-9-21(23)22-10-3-5-12-24(22)25/h2-12,16,18,25H,13-15,17H2,1H3,(H,29,34)(H,30,31)(H,32,33). The first kappa shape index (κ1) is 24.0. The third-order valence-electron chi connectivity index (χ3n) is 6.04. The topological polar surface area (TPSA) is 105 Å². The van der Waals surface area contributed by atoms with E-state index in [-0.39, 0.29) is 31.3 Å². The zero-order valence-corrected chi connectivity index (χ0v) is 19.5. The summed E-state index contributed by atoms with van der Waals surface area (Å²) in [6.45, 7) is 1.95. The van der Waals surface area contributed by atoms with Crippen molar-refractivity contribution in [3.63, 3.8) is 0 Å². The summed E-state index contributed by atoms with van der Waals surface area (Å²) in [5.41, 5.74) is 6.02. The van der Waals surface area contributed by atoms with E-state index in [9.17, 15) is 14.4 Å². The predicted molar refractivity (Wildman–Crippen MR) is 133 cm³/mol. The van der Waals surface area contributed by atoms with E-state index in [4.69, 9.17) is 9.84 Å². The number of hydrogen-bond donors (Lipinski definition) is 3. The molecule has 0 spiro atoms. The Labute approximate surface area is 204 Å². The molecule has 7 nitrogen and oxygen atoms in total. The van der Waals surface area contributed by atoms with Crippen molar-refractivity contribution in [2.75, 3.05) is 11.9 Å². The summed E-state index contributed by atoms with van der Waals surface area (Å²) in [4.78, 5) is 35.6. The number of alkyl carbamates (subject to hydrolysis) is 1. The zero-order chi connectivity index (χ0) is 24.8. The van der Waals surface area contributed by atoms with Crippen molar-refractivity contribution in [2.45, 2.75) is 38.1 Å².